The van der Waals surface area contributed by atoms with E-state index in [-0.39, 0.29) is 5.92 Å². The minimum atomic E-state index is -3.35. The Morgan fingerprint density at radius 3 is 2.44 bits per heavy atom. The molecule has 7 nitrogen and oxygen atoms in total. The fraction of sp³-hybridized carbons (Fsp3) is 0.625. The Morgan fingerprint density at radius 1 is 1.40 bits per heavy atom. The summed E-state index contributed by atoms with van der Waals surface area (Å²) in [6.07, 6.45) is -0.391. The molecule has 0 aliphatic carbocycles. The molecule has 0 fully saturated rings. The van der Waals surface area contributed by atoms with Crippen LogP contribution in [0.4, 0.5) is 4.79 Å². The molecule has 2 atom stereocenters. The quantitative estimate of drug-likeness (QED) is 0.805. The Morgan fingerprint density at radius 2 is 2.00 bits per heavy atom. The number of hydrogen-bond acceptors (Lipinski definition) is 5. The van der Waals surface area contributed by atoms with Gasteiger partial charge in [-0.05, 0) is 57.0 Å². The lowest BCUT2D eigenvalue weighted by Gasteiger charge is -2.23. The summed E-state index contributed by atoms with van der Waals surface area (Å²) in [5, 5.41) is 10.0. The van der Waals surface area contributed by atoms with Gasteiger partial charge in [0.05, 0.1) is 0 Å². The van der Waals surface area contributed by atoms with E-state index in [9.17, 15) is 13.8 Å². The number of ether oxygens (including phenoxy) is 1. The Balaban J connectivity index is 3.05. The molecule has 9 heteroatoms. The summed E-state index contributed by atoms with van der Waals surface area (Å²) in [6.45, 7) is 10.7. The molecule has 0 saturated heterocycles. The molecular formula is C16H27N3O4S2. The van der Waals surface area contributed by atoms with Crippen molar-refractivity contribution in [3.63, 3.8) is 0 Å². The second-order valence-corrected chi connectivity index (χ2v) is 10.1. The van der Waals surface area contributed by atoms with Crippen molar-refractivity contribution < 1.29 is 18.5 Å². The third kappa shape index (κ3) is 7.13. The zero-order chi connectivity index (χ0) is 19.4. The number of rotatable bonds is 5. The molecule has 1 rings (SSSR count). The average molecular weight is 390 g/mol. The van der Waals surface area contributed by atoms with Gasteiger partial charge in [0.25, 0.3) is 5.91 Å². The first-order valence-corrected chi connectivity index (χ1v) is 10.4. The van der Waals surface area contributed by atoms with Gasteiger partial charge in [0.2, 0.25) is 0 Å². The average Bonchev–Trinajstić information content (AvgIpc) is 2.81. The zero-order valence-corrected chi connectivity index (χ0v) is 17.1. The molecule has 0 aromatic carbocycles. The van der Waals surface area contributed by atoms with Crippen LogP contribution in [0.15, 0.2) is 20.0 Å². The van der Waals surface area contributed by atoms with Gasteiger partial charge in [-0.2, -0.15) is 0 Å². The Hall–Kier alpha value is -1.45. The molecule has 1 aromatic heterocycles. The monoisotopic (exact) mass is 389 g/mol. The fourth-order valence-corrected chi connectivity index (χ4v) is 4.53. The van der Waals surface area contributed by atoms with Gasteiger partial charge in [0.15, 0.2) is 9.92 Å². The second-order valence-electron chi connectivity index (χ2n) is 7.22. The van der Waals surface area contributed by atoms with Crippen LogP contribution in [0.1, 0.15) is 46.6 Å². The molecule has 25 heavy (non-hydrogen) atoms. The largest absolute Gasteiger partial charge is 0.444 e. The van der Waals surface area contributed by atoms with E-state index in [0.29, 0.717) is 10.6 Å². The molecule has 1 heterocycles. The number of thiophene rings is 1. The van der Waals surface area contributed by atoms with E-state index in [2.05, 4.69) is 9.68 Å². The maximum absolute atomic E-state index is 12.6. The summed E-state index contributed by atoms with van der Waals surface area (Å²) in [5.74, 6) is -0.615. The lowest BCUT2D eigenvalue weighted by molar-refractivity contribution is -0.120. The van der Waals surface area contributed by atoms with Crippen molar-refractivity contribution in [2.24, 2.45) is 15.4 Å². The molecule has 0 spiro atoms. The number of amides is 2. The highest BCUT2D eigenvalue weighted by atomic mass is 32.2. The molecule has 2 amide bonds. The maximum Gasteiger partial charge on any atom is 0.408 e. The highest BCUT2D eigenvalue weighted by Crippen LogP contribution is 2.22. The summed E-state index contributed by atoms with van der Waals surface area (Å²) in [6, 6.07) is 0.816. The van der Waals surface area contributed by atoms with Crippen molar-refractivity contribution in [1.82, 2.24) is 5.32 Å². The molecule has 0 aliphatic rings. The number of alkyl carbamates (subject to hydrolysis) is 1. The highest BCUT2D eigenvalue weighted by molar-refractivity contribution is 7.93. The van der Waals surface area contributed by atoms with Crippen molar-refractivity contribution in [1.29, 1.82) is 0 Å². The zero-order valence-electron chi connectivity index (χ0n) is 15.5. The van der Waals surface area contributed by atoms with Gasteiger partial charge in [-0.3, -0.25) is 4.79 Å². The van der Waals surface area contributed by atoms with Gasteiger partial charge in [-0.15, -0.1) is 15.7 Å². The predicted molar refractivity (Wildman–Crippen MR) is 99.7 cm³/mol. The molecule has 0 saturated carbocycles. The van der Waals surface area contributed by atoms with Crippen molar-refractivity contribution in [2.45, 2.75) is 63.8 Å². The van der Waals surface area contributed by atoms with E-state index in [4.69, 9.17) is 9.88 Å². The second kappa shape index (κ2) is 8.29. The van der Waals surface area contributed by atoms with Gasteiger partial charge < -0.3 is 10.1 Å². The van der Waals surface area contributed by atoms with Crippen LogP contribution >= 0.6 is 11.3 Å². The van der Waals surface area contributed by atoms with Gasteiger partial charge in [0, 0.05) is 0 Å². The van der Waals surface area contributed by atoms with Crippen LogP contribution in [0.3, 0.4) is 0 Å². The summed E-state index contributed by atoms with van der Waals surface area (Å²) in [7, 11) is -3.35. The van der Waals surface area contributed by atoms with Crippen molar-refractivity contribution >= 4 is 33.3 Å². The lowest BCUT2D eigenvalue weighted by atomic mass is 10.0. The SMILES string of the molecule is Cc1ccsc1S(N)(=O)=NC(=O)[C@H](CC(C)C)NC(=O)OC(C)(C)C. The lowest BCUT2D eigenvalue weighted by Crippen LogP contribution is -2.44. The summed E-state index contributed by atoms with van der Waals surface area (Å²) in [4.78, 5) is 24.5. The van der Waals surface area contributed by atoms with Gasteiger partial charge >= 0.3 is 6.09 Å². The van der Waals surface area contributed by atoms with Gasteiger partial charge in [-0.25, -0.2) is 14.1 Å². The Kier molecular flexibility index (Phi) is 7.16. The smallest absolute Gasteiger partial charge is 0.408 e. The van der Waals surface area contributed by atoms with E-state index in [0.717, 1.165) is 5.56 Å². The van der Waals surface area contributed by atoms with Crippen molar-refractivity contribution in [3.05, 3.63) is 17.0 Å². The first kappa shape index (κ1) is 21.6. The van der Waals surface area contributed by atoms with Crippen LogP contribution in [-0.4, -0.2) is 27.9 Å². The number of hydrogen-bond donors (Lipinski definition) is 2. The summed E-state index contributed by atoms with van der Waals surface area (Å²) in [5.41, 5.74) is 0.0249. The summed E-state index contributed by atoms with van der Waals surface area (Å²) < 4.78 is 21.9. The number of carbonyl (C=O) groups is 2. The number of nitrogens with zero attached hydrogens (tertiary/aromatic N) is 1. The topological polar surface area (TPSA) is 111 Å². The molecule has 0 radical (unpaired) electrons. The number of nitrogens with two attached hydrogens (primary N) is 1. The molecule has 142 valence electrons. The molecule has 1 aromatic rings. The minimum absolute atomic E-state index is 0.108. The van der Waals surface area contributed by atoms with Crippen LogP contribution in [0.2, 0.25) is 0 Å². The first-order chi connectivity index (χ1) is 11.3. The van der Waals surface area contributed by atoms with Crippen molar-refractivity contribution in [2.75, 3.05) is 0 Å². The molecular weight excluding hydrogens is 362 g/mol. The van der Waals surface area contributed by atoms with E-state index in [1.165, 1.54) is 11.3 Å². The molecule has 0 aliphatic heterocycles. The van der Waals surface area contributed by atoms with E-state index in [1.54, 1.807) is 39.1 Å². The maximum atomic E-state index is 12.6. The van der Waals surface area contributed by atoms with Crippen LogP contribution < -0.4 is 10.5 Å². The third-order valence-corrected chi connectivity index (χ3v) is 6.12. The number of aryl methyl sites for hydroxylation is 1. The van der Waals surface area contributed by atoms with E-state index in [1.807, 2.05) is 13.8 Å². The number of carbonyl (C=O) groups excluding carboxylic acids is 2. The van der Waals surface area contributed by atoms with Gasteiger partial charge in [-0.1, -0.05) is 13.8 Å². The standard InChI is InChI=1S/C16H27N3O4S2/c1-10(2)9-12(18-15(21)23-16(4,5)6)13(20)19-25(17,22)14-11(3)7-8-24-14/h7-8,10,12H,9H2,1-6H3,(H,18,21)(H2,17,19,20,22)/t12-,25?/m0/s1. The highest BCUT2D eigenvalue weighted by Gasteiger charge is 2.26. The van der Waals surface area contributed by atoms with E-state index < -0.39 is 33.6 Å². The normalized spacial score (nSPS) is 15.4. The van der Waals surface area contributed by atoms with Crippen molar-refractivity contribution in [3.8, 4) is 0 Å². The Bertz CT molecular complexity index is 741. The molecule has 0 bridgehead atoms. The van der Waals surface area contributed by atoms with E-state index >= 15 is 0 Å². The molecule has 1 unspecified atom stereocenters. The van der Waals surface area contributed by atoms with Crippen LogP contribution in [0.25, 0.3) is 0 Å². The minimum Gasteiger partial charge on any atom is -0.444 e. The Labute approximate surface area is 153 Å². The first-order valence-electron chi connectivity index (χ1n) is 7.94. The fourth-order valence-electron chi connectivity index (χ4n) is 2.04. The predicted octanol–water partition coefficient (Wildman–Crippen LogP) is 3.22. The van der Waals surface area contributed by atoms with Crippen LogP contribution in [0.5, 0.6) is 0 Å². The van der Waals surface area contributed by atoms with Crippen LogP contribution in [0, 0.1) is 12.8 Å². The third-order valence-electron chi connectivity index (χ3n) is 3.00. The molecule has 3 N–H and O–H groups in total. The van der Waals surface area contributed by atoms with Gasteiger partial charge in [0.1, 0.15) is 15.9 Å². The number of nitrogens with one attached hydrogen (secondary N) is 1. The van der Waals surface area contributed by atoms with Crippen LogP contribution in [-0.2, 0) is 19.4 Å². The summed E-state index contributed by atoms with van der Waals surface area (Å²) >= 11 is 1.19.